The van der Waals surface area contributed by atoms with E-state index in [9.17, 15) is 9.59 Å². The van der Waals surface area contributed by atoms with Crippen LogP contribution in [0.3, 0.4) is 0 Å². The molecule has 0 saturated carbocycles. The van der Waals surface area contributed by atoms with Crippen molar-refractivity contribution >= 4 is 23.6 Å². The SMILES string of the molecule is CC(C)[C@H](N)C(=O)NCC(=O)NC1CCSC1. The van der Waals surface area contributed by atoms with Gasteiger partial charge in [0.25, 0.3) is 0 Å². The Morgan fingerprint density at radius 1 is 1.47 bits per heavy atom. The maximum absolute atomic E-state index is 11.5. The van der Waals surface area contributed by atoms with Crippen molar-refractivity contribution in [2.75, 3.05) is 18.1 Å². The Kier molecular flexibility index (Phi) is 5.77. The molecular weight excluding hydrogens is 238 g/mol. The Morgan fingerprint density at radius 3 is 2.71 bits per heavy atom. The summed E-state index contributed by atoms with van der Waals surface area (Å²) in [5.74, 6) is 1.72. The first kappa shape index (κ1) is 14.3. The van der Waals surface area contributed by atoms with E-state index in [-0.39, 0.29) is 30.3 Å². The van der Waals surface area contributed by atoms with E-state index in [1.165, 1.54) is 0 Å². The number of hydrogen-bond donors (Lipinski definition) is 3. The van der Waals surface area contributed by atoms with Gasteiger partial charge in [0.05, 0.1) is 12.6 Å². The molecule has 98 valence electrons. The molecule has 0 bridgehead atoms. The lowest BCUT2D eigenvalue weighted by molar-refractivity contribution is -0.127. The Bertz CT molecular complexity index is 278. The van der Waals surface area contributed by atoms with Gasteiger partial charge in [-0.25, -0.2) is 0 Å². The number of nitrogens with two attached hydrogens (primary N) is 1. The molecule has 6 heteroatoms. The van der Waals surface area contributed by atoms with E-state index in [1.54, 1.807) is 0 Å². The zero-order chi connectivity index (χ0) is 12.8. The van der Waals surface area contributed by atoms with Crippen molar-refractivity contribution in [3.63, 3.8) is 0 Å². The normalized spacial score (nSPS) is 21.3. The van der Waals surface area contributed by atoms with Gasteiger partial charge in [0.15, 0.2) is 0 Å². The zero-order valence-corrected chi connectivity index (χ0v) is 11.2. The third-order valence-electron chi connectivity index (χ3n) is 2.74. The molecule has 0 radical (unpaired) electrons. The van der Waals surface area contributed by atoms with Gasteiger partial charge in [-0.05, 0) is 18.1 Å². The number of nitrogens with one attached hydrogen (secondary N) is 2. The van der Waals surface area contributed by atoms with Crippen LogP contribution in [0.2, 0.25) is 0 Å². The van der Waals surface area contributed by atoms with Crippen LogP contribution in [0.15, 0.2) is 0 Å². The van der Waals surface area contributed by atoms with Gasteiger partial charge in [-0.1, -0.05) is 13.8 Å². The summed E-state index contributed by atoms with van der Waals surface area (Å²) in [6.07, 6.45) is 1.01. The summed E-state index contributed by atoms with van der Waals surface area (Å²) < 4.78 is 0. The molecule has 4 N–H and O–H groups in total. The minimum atomic E-state index is -0.551. The van der Waals surface area contributed by atoms with E-state index < -0.39 is 6.04 Å². The summed E-state index contributed by atoms with van der Waals surface area (Å²) in [7, 11) is 0. The standard InChI is InChI=1S/C11H21N3O2S/c1-7(2)10(12)11(16)13-5-9(15)14-8-3-4-17-6-8/h7-8,10H,3-6,12H2,1-2H3,(H,13,16)(H,14,15)/t8?,10-/m0/s1. The molecule has 0 aromatic carbocycles. The van der Waals surface area contributed by atoms with Crippen LogP contribution in [0.25, 0.3) is 0 Å². The molecule has 0 spiro atoms. The predicted molar refractivity (Wildman–Crippen MR) is 69.7 cm³/mol. The Balaban J connectivity index is 2.20. The minimum Gasteiger partial charge on any atom is -0.351 e. The first-order chi connectivity index (χ1) is 8.00. The lowest BCUT2D eigenvalue weighted by atomic mass is 10.1. The third-order valence-corrected chi connectivity index (χ3v) is 3.90. The molecule has 0 aromatic heterocycles. The minimum absolute atomic E-state index is 0.0143. The molecular formula is C11H21N3O2S. The van der Waals surface area contributed by atoms with Crippen molar-refractivity contribution in [3.05, 3.63) is 0 Å². The molecule has 1 rings (SSSR count). The molecule has 0 aliphatic carbocycles. The van der Waals surface area contributed by atoms with Gasteiger partial charge < -0.3 is 16.4 Å². The van der Waals surface area contributed by atoms with Crippen LogP contribution in [0.1, 0.15) is 20.3 Å². The maximum Gasteiger partial charge on any atom is 0.239 e. The summed E-state index contributed by atoms with van der Waals surface area (Å²) >= 11 is 1.84. The molecule has 5 nitrogen and oxygen atoms in total. The van der Waals surface area contributed by atoms with Crippen molar-refractivity contribution in [3.8, 4) is 0 Å². The van der Waals surface area contributed by atoms with E-state index in [4.69, 9.17) is 5.73 Å². The maximum atomic E-state index is 11.5. The number of amides is 2. The summed E-state index contributed by atoms with van der Waals surface area (Å²) in [5.41, 5.74) is 5.66. The smallest absolute Gasteiger partial charge is 0.239 e. The van der Waals surface area contributed by atoms with Gasteiger partial charge in [0.1, 0.15) is 0 Å². The van der Waals surface area contributed by atoms with E-state index >= 15 is 0 Å². The van der Waals surface area contributed by atoms with Gasteiger partial charge in [-0.3, -0.25) is 9.59 Å². The van der Waals surface area contributed by atoms with Gasteiger partial charge in [0.2, 0.25) is 11.8 Å². The van der Waals surface area contributed by atoms with E-state index in [1.807, 2.05) is 25.6 Å². The van der Waals surface area contributed by atoms with Crippen molar-refractivity contribution in [1.29, 1.82) is 0 Å². The van der Waals surface area contributed by atoms with Crippen LogP contribution in [0.4, 0.5) is 0 Å². The third kappa shape index (κ3) is 4.95. The Morgan fingerprint density at radius 2 is 2.18 bits per heavy atom. The van der Waals surface area contributed by atoms with Gasteiger partial charge in [0, 0.05) is 11.8 Å². The molecule has 1 saturated heterocycles. The zero-order valence-electron chi connectivity index (χ0n) is 10.4. The molecule has 1 heterocycles. The van der Waals surface area contributed by atoms with Crippen LogP contribution in [-0.4, -0.2) is 41.9 Å². The van der Waals surface area contributed by atoms with E-state index in [0.717, 1.165) is 17.9 Å². The van der Waals surface area contributed by atoms with Crippen LogP contribution >= 0.6 is 11.8 Å². The van der Waals surface area contributed by atoms with Crippen LogP contribution in [-0.2, 0) is 9.59 Å². The summed E-state index contributed by atoms with van der Waals surface area (Å²) in [6.45, 7) is 3.76. The fourth-order valence-corrected chi connectivity index (χ4v) is 2.67. The molecule has 1 unspecified atom stereocenters. The highest BCUT2D eigenvalue weighted by Gasteiger charge is 2.20. The molecule has 1 aliphatic rings. The van der Waals surface area contributed by atoms with Gasteiger partial charge in [-0.15, -0.1) is 0 Å². The largest absolute Gasteiger partial charge is 0.351 e. The second-order valence-electron chi connectivity index (χ2n) is 4.62. The molecule has 2 amide bonds. The Labute approximate surface area is 106 Å². The number of rotatable bonds is 5. The number of hydrogen-bond acceptors (Lipinski definition) is 4. The van der Waals surface area contributed by atoms with Crippen LogP contribution in [0.5, 0.6) is 0 Å². The fourth-order valence-electron chi connectivity index (χ4n) is 1.52. The molecule has 1 aliphatic heterocycles. The van der Waals surface area contributed by atoms with Crippen molar-refractivity contribution in [2.45, 2.75) is 32.4 Å². The fraction of sp³-hybridized carbons (Fsp3) is 0.818. The highest BCUT2D eigenvalue weighted by atomic mass is 32.2. The van der Waals surface area contributed by atoms with Crippen molar-refractivity contribution in [2.24, 2.45) is 11.7 Å². The highest BCUT2D eigenvalue weighted by molar-refractivity contribution is 7.99. The average molecular weight is 259 g/mol. The summed E-state index contributed by atoms with van der Waals surface area (Å²) in [5, 5.41) is 5.44. The topological polar surface area (TPSA) is 84.2 Å². The lowest BCUT2D eigenvalue weighted by Crippen LogP contribution is -2.48. The van der Waals surface area contributed by atoms with Crippen LogP contribution in [0, 0.1) is 5.92 Å². The van der Waals surface area contributed by atoms with E-state index in [2.05, 4.69) is 10.6 Å². The molecule has 0 aromatic rings. The quantitative estimate of drug-likeness (QED) is 0.633. The molecule has 17 heavy (non-hydrogen) atoms. The summed E-state index contributed by atoms with van der Waals surface area (Å²) in [6, 6.07) is -0.298. The highest BCUT2D eigenvalue weighted by Crippen LogP contribution is 2.16. The van der Waals surface area contributed by atoms with Gasteiger partial charge in [-0.2, -0.15) is 11.8 Å². The second-order valence-corrected chi connectivity index (χ2v) is 5.77. The van der Waals surface area contributed by atoms with E-state index in [0.29, 0.717) is 0 Å². The first-order valence-corrected chi connectivity index (χ1v) is 7.06. The number of thioether (sulfide) groups is 1. The lowest BCUT2D eigenvalue weighted by Gasteiger charge is -2.16. The molecule has 1 fully saturated rings. The Hall–Kier alpha value is -0.750. The predicted octanol–water partition coefficient (Wildman–Crippen LogP) is -0.292. The van der Waals surface area contributed by atoms with Gasteiger partial charge >= 0.3 is 0 Å². The average Bonchev–Trinajstić information content (AvgIpc) is 2.77. The first-order valence-electron chi connectivity index (χ1n) is 5.91. The number of carbonyl (C=O) groups is 2. The van der Waals surface area contributed by atoms with Crippen LogP contribution < -0.4 is 16.4 Å². The summed E-state index contributed by atoms with van der Waals surface area (Å²) in [4.78, 5) is 23.0. The second kappa shape index (κ2) is 6.86. The van der Waals surface area contributed by atoms with Crippen molar-refractivity contribution < 1.29 is 9.59 Å². The van der Waals surface area contributed by atoms with Crippen molar-refractivity contribution in [1.82, 2.24) is 10.6 Å². The number of carbonyl (C=O) groups excluding carboxylic acids is 2. The monoisotopic (exact) mass is 259 g/mol. The molecule has 2 atom stereocenters.